The van der Waals surface area contributed by atoms with Gasteiger partial charge in [0, 0.05) is 6.42 Å². The van der Waals surface area contributed by atoms with Gasteiger partial charge >= 0.3 is 17.7 Å². The molecule has 1 aromatic rings. The molecule has 152 valence electrons. The first-order valence-corrected chi connectivity index (χ1v) is 10.2. The number of esters is 1. The van der Waals surface area contributed by atoms with E-state index >= 15 is 0 Å². The number of rotatable bonds is 15. The first kappa shape index (κ1) is 23.2. The summed E-state index contributed by atoms with van der Waals surface area (Å²) in [6.45, 7) is 2.22. The maximum absolute atomic E-state index is 12.0. The van der Waals surface area contributed by atoms with Crippen LogP contribution in [0.2, 0.25) is 0 Å². The van der Waals surface area contributed by atoms with Crippen LogP contribution in [0.15, 0.2) is 30.3 Å². The van der Waals surface area contributed by atoms with Crippen molar-refractivity contribution in [3.63, 3.8) is 0 Å². The van der Waals surface area contributed by atoms with Gasteiger partial charge < -0.3 is 14.9 Å². The number of aliphatic hydroxyl groups is 1. The Hall–Kier alpha value is -1.88. The molecule has 0 fully saturated rings. The highest BCUT2D eigenvalue weighted by Crippen LogP contribution is 2.21. The minimum atomic E-state index is -2.47. The Balaban J connectivity index is 2.23. The molecular formula is C22H34O5. The summed E-state index contributed by atoms with van der Waals surface area (Å²) in [5, 5.41) is 19.5. The fraction of sp³-hybridized carbons (Fsp3) is 0.636. The van der Waals surface area contributed by atoms with Crippen LogP contribution in [0.5, 0.6) is 0 Å². The second kappa shape index (κ2) is 13.3. The molecule has 1 aromatic carbocycles. The van der Waals surface area contributed by atoms with Crippen LogP contribution in [0.4, 0.5) is 0 Å². The highest BCUT2D eigenvalue weighted by Gasteiger charge is 2.40. The number of hydrogen-bond donors (Lipinski definition) is 2. The number of benzene rings is 1. The van der Waals surface area contributed by atoms with Crippen LogP contribution in [-0.2, 0) is 9.53 Å². The Morgan fingerprint density at radius 3 is 1.81 bits per heavy atom. The summed E-state index contributed by atoms with van der Waals surface area (Å²) in [6.07, 6.45) is 12.3. The van der Waals surface area contributed by atoms with Crippen LogP contribution in [0, 0.1) is 0 Å². The summed E-state index contributed by atoms with van der Waals surface area (Å²) < 4.78 is 4.89. The number of hydrogen-bond acceptors (Lipinski definition) is 4. The summed E-state index contributed by atoms with van der Waals surface area (Å²) in [4.78, 5) is 23.4. The van der Waals surface area contributed by atoms with Gasteiger partial charge in [0.2, 0.25) is 0 Å². The van der Waals surface area contributed by atoms with E-state index in [4.69, 9.17) is 4.74 Å². The molecule has 1 atom stereocenters. The van der Waals surface area contributed by atoms with Crippen molar-refractivity contribution in [1.29, 1.82) is 0 Å². The Morgan fingerprint density at radius 2 is 1.33 bits per heavy atom. The van der Waals surface area contributed by atoms with Crippen LogP contribution in [0.3, 0.4) is 0 Å². The quantitative estimate of drug-likeness (QED) is 0.245. The minimum absolute atomic E-state index is 0.0993. The number of carbonyl (C=O) groups is 2. The zero-order valence-electron chi connectivity index (χ0n) is 16.5. The number of unbranched alkanes of at least 4 members (excludes halogenated alkanes) is 10. The van der Waals surface area contributed by atoms with Crippen molar-refractivity contribution in [3.8, 4) is 0 Å². The maximum atomic E-state index is 12.0. The van der Waals surface area contributed by atoms with E-state index in [0.29, 0.717) is 6.42 Å². The first-order chi connectivity index (χ1) is 13.0. The molecule has 0 aliphatic carbocycles. The summed E-state index contributed by atoms with van der Waals surface area (Å²) in [6, 6.07) is 8.09. The lowest BCUT2D eigenvalue weighted by Gasteiger charge is -2.23. The highest BCUT2D eigenvalue weighted by molar-refractivity contribution is 5.91. The number of carboxylic acid groups (broad SMARTS) is 1. The van der Waals surface area contributed by atoms with Crippen molar-refractivity contribution in [2.75, 3.05) is 0 Å². The van der Waals surface area contributed by atoms with Crippen LogP contribution in [0.25, 0.3) is 0 Å². The van der Waals surface area contributed by atoms with Gasteiger partial charge in [-0.2, -0.15) is 0 Å². The fourth-order valence-electron chi connectivity index (χ4n) is 3.02. The van der Waals surface area contributed by atoms with Crippen molar-refractivity contribution in [2.24, 2.45) is 0 Å². The molecule has 0 spiro atoms. The smallest absolute Gasteiger partial charge is 0.377 e. The van der Waals surface area contributed by atoms with Gasteiger partial charge in [0.25, 0.3) is 0 Å². The van der Waals surface area contributed by atoms with Crippen molar-refractivity contribution >= 4 is 11.9 Å². The average molecular weight is 379 g/mol. The normalized spacial score (nSPS) is 13.1. The summed E-state index contributed by atoms with van der Waals surface area (Å²) >= 11 is 0. The van der Waals surface area contributed by atoms with E-state index in [1.807, 2.05) is 0 Å². The lowest BCUT2D eigenvalue weighted by atomic mass is 10.0. The predicted octanol–water partition coefficient (Wildman–Crippen LogP) is 5.32. The standard InChI is InChI=1S/C22H34O5/c1-2-3-4-5-6-7-8-9-10-11-15-18-22(26,21(24)25)27-20(23)19-16-13-12-14-17-19/h12-14,16-17,26H,2-11,15,18H2,1H3,(H,24,25)/t22-/m0/s1. The van der Waals surface area contributed by atoms with Gasteiger partial charge in [-0.3, -0.25) is 0 Å². The second-order valence-electron chi connectivity index (χ2n) is 7.13. The zero-order valence-corrected chi connectivity index (χ0v) is 16.5. The second-order valence-corrected chi connectivity index (χ2v) is 7.13. The third-order valence-corrected chi connectivity index (χ3v) is 4.72. The first-order valence-electron chi connectivity index (χ1n) is 10.2. The summed E-state index contributed by atoms with van der Waals surface area (Å²) in [7, 11) is 0. The highest BCUT2D eigenvalue weighted by atomic mass is 16.7. The summed E-state index contributed by atoms with van der Waals surface area (Å²) in [5.74, 6) is -4.82. The Labute approximate surface area is 162 Å². The average Bonchev–Trinajstić information content (AvgIpc) is 2.66. The molecule has 0 unspecified atom stereocenters. The van der Waals surface area contributed by atoms with E-state index in [9.17, 15) is 19.8 Å². The molecular weight excluding hydrogens is 344 g/mol. The monoisotopic (exact) mass is 378 g/mol. The molecule has 2 N–H and O–H groups in total. The third kappa shape index (κ3) is 9.57. The molecule has 1 rings (SSSR count). The largest absolute Gasteiger partial charge is 0.476 e. The Morgan fingerprint density at radius 1 is 0.852 bits per heavy atom. The number of aliphatic carboxylic acids is 1. The fourth-order valence-corrected chi connectivity index (χ4v) is 3.02. The lowest BCUT2D eigenvalue weighted by molar-refractivity contribution is -0.206. The van der Waals surface area contributed by atoms with E-state index in [1.54, 1.807) is 18.2 Å². The number of ether oxygens (including phenoxy) is 1. The maximum Gasteiger partial charge on any atom is 0.377 e. The SMILES string of the molecule is CCCCCCCCCCCCC[C@](O)(OC(=O)c1ccccc1)C(=O)O. The van der Waals surface area contributed by atoms with Gasteiger partial charge in [-0.15, -0.1) is 0 Å². The Bertz CT molecular complexity index is 543. The minimum Gasteiger partial charge on any atom is -0.476 e. The molecule has 0 aromatic heterocycles. The van der Waals surface area contributed by atoms with E-state index in [2.05, 4.69) is 6.92 Å². The molecule has 0 saturated heterocycles. The van der Waals surface area contributed by atoms with E-state index in [-0.39, 0.29) is 12.0 Å². The van der Waals surface area contributed by atoms with Gasteiger partial charge in [-0.25, -0.2) is 9.59 Å². The molecule has 0 saturated carbocycles. The zero-order chi connectivity index (χ0) is 20.0. The number of carbonyl (C=O) groups excluding carboxylic acids is 1. The van der Waals surface area contributed by atoms with Gasteiger partial charge in [-0.1, -0.05) is 89.3 Å². The molecule has 5 heteroatoms. The van der Waals surface area contributed by atoms with Gasteiger partial charge in [0.1, 0.15) is 0 Å². The topological polar surface area (TPSA) is 83.8 Å². The predicted molar refractivity (Wildman–Crippen MR) is 106 cm³/mol. The van der Waals surface area contributed by atoms with Crippen molar-refractivity contribution in [1.82, 2.24) is 0 Å². The van der Waals surface area contributed by atoms with E-state index in [0.717, 1.165) is 19.3 Å². The molecule has 0 radical (unpaired) electrons. The molecule has 0 amide bonds. The Kier molecular flexibility index (Phi) is 11.4. The van der Waals surface area contributed by atoms with E-state index in [1.165, 1.54) is 57.1 Å². The van der Waals surface area contributed by atoms with Crippen LogP contribution >= 0.6 is 0 Å². The van der Waals surface area contributed by atoms with E-state index < -0.39 is 17.7 Å². The molecule has 0 aliphatic rings. The van der Waals surface area contributed by atoms with Gasteiger partial charge in [0.05, 0.1) is 5.56 Å². The van der Waals surface area contributed by atoms with Crippen LogP contribution < -0.4 is 0 Å². The van der Waals surface area contributed by atoms with Gasteiger partial charge in [0.15, 0.2) is 0 Å². The van der Waals surface area contributed by atoms with Crippen molar-refractivity contribution in [2.45, 2.75) is 89.8 Å². The molecule has 5 nitrogen and oxygen atoms in total. The molecule has 0 bridgehead atoms. The molecule has 27 heavy (non-hydrogen) atoms. The van der Waals surface area contributed by atoms with Crippen molar-refractivity contribution < 1.29 is 24.5 Å². The van der Waals surface area contributed by atoms with Crippen LogP contribution in [-0.4, -0.2) is 27.9 Å². The molecule has 0 aliphatic heterocycles. The van der Waals surface area contributed by atoms with Crippen molar-refractivity contribution in [3.05, 3.63) is 35.9 Å². The molecule has 0 heterocycles. The number of carboxylic acids is 1. The van der Waals surface area contributed by atoms with Gasteiger partial charge in [-0.05, 0) is 18.6 Å². The lowest BCUT2D eigenvalue weighted by Crippen LogP contribution is -2.43. The third-order valence-electron chi connectivity index (χ3n) is 4.72. The van der Waals surface area contributed by atoms with Crippen LogP contribution in [0.1, 0.15) is 94.3 Å². The summed E-state index contributed by atoms with van der Waals surface area (Å²) in [5.41, 5.74) is 0.219.